The minimum Gasteiger partial charge on any atom is -0.323 e. The summed E-state index contributed by atoms with van der Waals surface area (Å²) in [6, 6.07) is 1.88. The first-order valence-electron chi connectivity index (χ1n) is 8.84. The van der Waals surface area contributed by atoms with Crippen molar-refractivity contribution in [3.05, 3.63) is 17.5 Å². The lowest BCUT2D eigenvalue weighted by Crippen LogP contribution is -2.33. The van der Waals surface area contributed by atoms with Gasteiger partial charge in [-0.25, -0.2) is 0 Å². The molecule has 0 atom stereocenters. The molecule has 3 rings (SSSR count). The van der Waals surface area contributed by atoms with Gasteiger partial charge in [-0.15, -0.1) is 0 Å². The van der Waals surface area contributed by atoms with Gasteiger partial charge in [0.1, 0.15) is 6.54 Å². The molecule has 1 saturated carbocycles. The molecule has 1 aromatic heterocycles. The van der Waals surface area contributed by atoms with E-state index in [-0.39, 0.29) is 29.8 Å². The number of hydrogen-bond acceptors (Lipinski definition) is 3. The quantitative estimate of drug-likeness (QED) is 0.851. The third-order valence-electron chi connectivity index (χ3n) is 4.67. The van der Waals surface area contributed by atoms with Crippen molar-refractivity contribution in [3.63, 3.8) is 0 Å². The van der Waals surface area contributed by atoms with Gasteiger partial charge in [0.25, 0.3) is 5.91 Å². The molecule has 132 valence electrons. The average molecular weight is 332 g/mol. The van der Waals surface area contributed by atoms with Crippen molar-refractivity contribution in [1.82, 2.24) is 19.6 Å². The number of amides is 2. The number of carbonyl (C=O) groups is 2. The predicted octanol–water partition coefficient (Wildman–Crippen LogP) is 2.41. The van der Waals surface area contributed by atoms with E-state index in [1.807, 2.05) is 10.7 Å². The highest BCUT2D eigenvalue weighted by atomic mass is 16.2. The number of aromatic nitrogens is 2. The maximum Gasteiger partial charge on any atom is 0.276 e. The van der Waals surface area contributed by atoms with Crippen LogP contribution >= 0.6 is 0 Å². The van der Waals surface area contributed by atoms with Crippen molar-refractivity contribution in [2.75, 3.05) is 19.8 Å². The second kappa shape index (κ2) is 5.90. The lowest BCUT2D eigenvalue weighted by molar-refractivity contribution is -0.126. The number of nitrogens with zero attached hydrogens (tertiary/aromatic N) is 4. The smallest absolute Gasteiger partial charge is 0.276 e. The first kappa shape index (κ1) is 17.0. The highest BCUT2D eigenvalue weighted by molar-refractivity contribution is 5.96. The predicted molar refractivity (Wildman–Crippen MR) is 91.7 cm³/mol. The molecule has 0 aromatic carbocycles. The molecule has 2 heterocycles. The molecule has 1 aromatic rings. The van der Waals surface area contributed by atoms with E-state index in [1.165, 1.54) is 12.8 Å². The van der Waals surface area contributed by atoms with E-state index in [0.717, 1.165) is 12.2 Å². The molecule has 0 N–H and O–H groups in total. The Kier molecular flexibility index (Phi) is 4.18. The molecule has 24 heavy (non-hydrogen) atoms. The van der Waals surface area contributed by atoms with E-state index in [9.17, 15) is 9.59 Å². The van der Waals surface area contributed by atoms with Crippen LogP contribution in [0.4, 0.5) is 0 Å². The SMILES string of the molecule is CC(C)c1cc(C(=O)N2CC(=O)N(CC3CC3)C2)nn1C(C)(C)C. The lowest BCUT2D eigenvalue weighted by Gasteiger charge is -2.23. The zero-order chi connectivity index (χ0) is 17.6. The number of carbonyl (C=O) groups excluding carboxylic acids is 2. The van der Waals surface area contributed by atoms with Crippen LogP contribution < -0.4 is 0 Å². The molecule has 2 fully saturated rings. The Balaban J connectivity index is 1.79. The van der Waals surface area contributed by atoms with Gasteiger partial charge >= 0.3 is 0 Å². The molecule has 0 spiro atoms. The van der Waals surface area contributed by atoms with Gasteiger partial charge in [0.2, 0.25) is 5.91 Å². The summed E-state index contributed by atoms with van der Waals surface area (Å²) in [6.45, 7) is 11.8. The van der Waals surface area contributed by atoms with Gasteiger partial charge in [0.05, 0.1) is 12.2 Å². The van der Waals surface area contributed by atoms with E-state index in [0.29, 0.717) is 18.3 Å². The lowest BCUT2D eigenvalue weighted by atomic mass is 10.1. The van der Waals surface area contributed by atoms with Crippen LogP contribution in [0.1, 0.15) is 69.6 Å². The Morgan fingerprint density at radius 1 is 1.33 bits per heavy atom. The van der Waals surface area contributed by atoms with Crippen molar-refractivity contribution in [2.45, 2.75) is 58.9 Å². The fraction of sp³-hybridized carbons (Fsp3) is 0.722. The molecule has 0 radical (unpaired) electrons. The molecule has 0 bridgehead atoms. The van der Waals surface area contributed by atoms with Crippen LogP contribution in [0.3, 0.4) is 0 Å². The molecular weight excluding hydrogens is 304 g/mol. The summed E-state index contributed by atoms with van der Waals surface area (Å²) in [5.74, 6) is 0.822. The minimum absolute atomic E-state index is 0.0505. The molecule has 2 aliphatic rings. The molecule has 1 aliphatic heterocycles. The van der Waals surface area contributed by atoms with Crippen molar-refractivity contribution < 1.29 is 9.59 Å². The minimum atomic E-state index is -0.184. The van der Waals surface area contributed by atoms with Crippen LogP contribution in [0.2, 0.25) is 0 Å². The van der Waals surface area contributed by atoms with Gasteiger partial charge in [-0.1, -0.05) is 13.8 Å². The molecule has 1 saturated heterocycles. The van der Waals surface area contributed by atoms with Crippen LogP contribution in [0.5, 0.6) is 0 Å². The van der Waals surface area contributed by atoms with Gasteiger partial charge in [0.15, 0.2) is 5.69 Å². The van der Waals surface area contributed by atoms with E-state index >= 15 is 0 Å². The van der Waals surface area contributed by atoms with Crippen molar-refractivity contribution in [1.29, 1.82) is 0 Å². The highest BCUT2D eigenvalue weighted by Gasteiger charge is 2.36. The number of hydrogen-bond donors (Lipinski definition) is 0. The summed E-state index contributed by atoms with van der Waals surface area (Å²) in [4.78, 5) is 28.4. The molecule has 2 amide bonds. The second-order valence-corrected chi connectivity index (χ2v) is 8.40. The zero-order valence-corrected chi connectivity index (χ0v) is 15.4. The van der Waals surface area contributed by atoms with Crippen molar-refractivity contribution in [3.8, 4) is 0 Å². The summed E-state index contributed by atoms with van der Waals surface area (Å²) in [6.07, 6.45) is 2.40. The standard InChI is InChI=1S/C18H28N4O2/c1-12(2)15-8-14(19-22(15)18(3,4)5)17(24)21-10-16(23)20(11-21)9-13-6-7-13/h8,12-13H,6-7,9-11H2,1-5H3. The zero-order valence-electron chi connectivity index (χ0n) is 15.4. The highest BCUT2D eigenvalue weighted by Crippen LogP contribution is 2.31. The molecule has 1 aliphatic carbocycles. The van der Waals surface area contributed by atoms with E-state index in [4.69, 9.17) is 0 Å². The first-order valence-corrected chi connectivity index (χ1v) is 8.84. The van der Waals surface area contributed by atoms with Crippen LogP contribution in [-0.4, -0.2) is 51.2 Å². The van der Waals surface area contributed by atoms with E-state index < -0.39 is 0 Å². The van der Waals surface area contributed by atoms with Gasteiger partial charge in [-0.2, -0.15) is 5.10 Å². The van der Waals surface area contributed by atoms with Gasteiger partial charge in [0, 0.05) is 12.2 Å². The summed E-state index contributed by atoms with van der Waals surface area (Å²) in [7, 11) is 0. The summed E-state index contributed by atoms with van der Waals surface area (Å²) in [5.41, 5.74) is 1.30. The molecule has 0 unspecified atom stereocenters. The van der Waals surface area contributed by atoms with E-state index in [2.05, 4.69) is 39.7 Å². The molecular formula is C18H28N4O2. The van der Waals surface area contributed by atoms with Crippen LogP contribution in [-0.2, 0) is 10.3 Å². The fourth-order valence-corrected chi connectivity index (χ4v) is 3.12. The van der Waals surface area contributed by atoms with Crippen LogP contribution in [0.25, 0.3) is 0 Å². The Morgan fingerprint density at radius 2 is 2.00 bits per heavy atom. The Labute approximate surface area is 143 Å². The van der Waals surface area contributed by atoms with Gasteiger partial charge < -0.3 is 9.80 Å². The third kappa shape index (κ3) is 3.32. The molecule has 6 nitrogen and oxygen atoms in total. The largest absolute Gasteiger partial charge is 0.323 e. The monoisotopic (exact) mass is 332 g/mol. The van der Waals surface area contributed by atoms with Gasteiger partial charge in [-0.3, -0.25) is 14.3 Å². The second-order valence-electron chi connectivity index (χ2n) is 8.40. The fourth-order valence-electron chi connectivity index (χ4n) is 3.12. The van der Waals surface area contributed by atoms with Crippen LogP contribution in [0.15, 0.2) is 6.07 Å². The van der Waals surface area contributed by atoms with Crippen molar-refractivity contribution >= 4 is 11.8 Å². The first-order chi connectivity index (χ1) is 11.2. The molecule has 6 heteroatoms. The van der Waals surface area contributed by atoms with Crippen molar-refractivity contribution in [2.24, 2.45) is 5.92 Å². The summed E-state index contributed by atoms with van der Waals surface area (Å²) >= 11 is 0. The Bertz CT molecular complexity index is 652. The number of rotatable bonds is 4. The Hall–Kier alpha value is -1.85. The van der Waals surface area contributed by atoms with Gasteiger partial charge in [-0.05, 0) is 51.5 Å². The Morgan fingerprint density at radius 3 is 2.50 bits per heavy atom. The normalized spacial score (nSPS) is 18.8. The topological polar surface area (TPSA) is 58.4 Å². The van der Waals surface area contributed by atoms with Crippen LogP contribution in [0, 0.1) is 5.92 Å². The summed E-state index contributed by atoms with van der Waals surface area (Å²) < 4.78 is 1.94. The third-order valence-corrected chi connectivity index (χ3v) is 4.67. The summed E-state index contributed by atoms with van der Waals surface area (Å²) in [5, 5.41) is 4.57. The van der Waals surface area contributed by atoms with E-state index in [1.54, 1.807) is 9.80 Å². The maximum absolute atomic E-state index is 12.8. The average Bonchev–Trinajstić information content (AvgIpc) is 3.04. The maximum atomic E-state index is 12.8.